The van der Waals surface area contributed by atoms with Crippen molar-refractivity contribution < 1.29 is 13.9 Å². The first kappa shape index (κ1) is 22.1. The third-order valence-electron chi connectivity index (χ3n) is 4.90. The summed E-state index contributed by atoms with van der Waals surface area (Å²) in [6.45, 7) is 2.99. The number of rotatable bonds is 5. The summed E-state index contributed by atoms with van der Waals surface area (Å²) in [6.07, 6.45) is 2.98. The monoisotopic (exact) mass is 467 g/mol. The van der Waals surface area contributed by atoms with Crippen molar-refractivity contribution in [3.05, 3.63) is 77.5 Å². The first-order valence-electron chi connectivity index (χ1n) is 10.2. The van der Waals surface area contributed by atoms with Crippen molar-refractivity contribution in [2.45, 2.75) is 0 Å². The van der Waals surface area contributed by atoms with Gasteiger partial charge in [0, 0.05) is 29.8 Å². The number of hydrogen-bond acceptors (Lipinski definition) is 5. The number of morpholine rings is 1. The predicted molar refractivity (Wildman–Crippen MR) is 132 cm³/mol. The molecule has 164 valence electrons. The minimum absolute atomic E-state index is 0.224. The molecule has 1 aliphatic rings. The first-order chi connectivity index (χ1) is 15.6. The molecule has 0 aliphatic carbocycles. The number of benzene rings is 2. The Morgan fingerprint density at radius 2 is 1.78 bits per heavy atom. The maximum atomic E-state index is 12.3. The molecule has 1 aliphatic heterocycles. The van der Waals surface area contributed by atoms with Crippen molar-refractivity contribution >= 4 is 52.3 Å². The van der Waals surface area contributed by atoms with Crippen LogP contribution < -0.4 is 15.5 Å². The van der Waals surface area contributed by atoms with Gasteiger partial charge in [-0.25, -0.2) is 0 Å². The van der Waals surface area contributed by atoms with Gasteiger partial charge in [0.15, 0.2) is 5.11 Å². The van der Waals surface area contributed by atoms with E-state index in [1.807, 2.05) is 42.5 Å². The van der Waals surface area contributed by atoms with Crippen LogP contribution in [0.2, 0.25) is 5.02 Å². The fourth-order valence-corrected chi connectivity index (χ4v) is 3.67. The maximum absolute atomic E-state index is 12.3. The van der Waals surface area contributed by atoms with E-state index in [9.17, 15) is 4.79 Å². The summed E-state index contributed by atoms with van der Waals surface area (Å²) in [6, 6.07) is 18.8. The molecule has 2 N–H and O–H groups in total. The lowest BCUT2D eigenvalue weighted by Gasteiger charge is -2.30. The number of para-hydroxylation sites is 2. The molecule has 1 aromatic heterocycles. The largest absolute Gasteiger partial charge is 0.457 e. The normalized spacial score (nSPS) is 13.8. The lowest BCUT2D eigenvalue weighted by atomic mass is 10.2. The number of furan rings is 1. The third-order valence-corrected chi connectivity index (χ3v) is 5.35. The Balaban J connectivity index is 1.34. The van der Waals surface area contributed by atoms with E-state index in [1.165, 1.54) is 6.08 Å². The highest BCUT2D eigenvalue weighted by Gasteiger charge is 2.15. The zero-order chi connectivity index (χ0) is 22.3. The van der Waals surface area contributed by atoms with Gasteiger partial charge in [-0.15, -0.1) is 0 Å². The van der Waals surface area contributed by atoms with Crippen molar-refractivity contribution in [2.75, 3.05) is 36.5 Å². The molecule has 0 spiro atoms. The van der Waals surface area contributed by atoms with Gasteiger partial charge in [0.05, 0.1) is 24.6 Å². The molecule has 0 atom stereocenters. The standard InChI is InChI=1S/C24H22ClN3O3S/c25-18-7-5-17(6-8-18)22-11-9-19(31-22)10-12-23(29)27-24(32)26-20-3-1-2-4-21(20)28-13-15-30-16-14-28/h1-12H,13-16H2,(H2,26,27,29,32). The van der Waals surface area contributed by atoms with Crippen molar-refractivity contribution in [3.8, 4) is 11.3 Å². The van der Waals surface area contributed by atoms with Crippen LogP contribution in [0.4, 0.5) is 11.4 Å². The summed E-state index contributed by atoms with van der Waals surface area (Å²) in [5.74, 6) is 0.899. The molecule has 0 unspecified atom stereocenters. The number of halogens is 1. The van der Waals surface area contributed by atoms with Gasteiger partial charge in [0.25, 0.3) is 0 Å². The van der Waals surface area contributed by atoms with Gasteiger partial charge >= 0.3 is 0 Å². The average Bonchev–Trinajstić information content (AvgIpc) is 3.28. The second-order valence-electron chi connectivity index (χ2n) is 7.10. The third kappa shape index (κ3) is 5.76. The van der Waals surface area contributed by atoms with Crippen LogP contribution in [0.1, 0.15) is 5.76 Å². The molecule has 6 nitrogen and oxygen atoms in total. The van der Waals surface area contributed by atoms with E-state index in [2.05, 4.69) is 15.5 Å². The van der Waals surface area contributed by atoms with E-state index in [4.69, 9.17) is 33.0 Å². The number of anilines is 2. The van der Waals surface area contributed by atoms with Crippen molar-refractivity contribution in [2.24, 2.45) is 0 Å². The van der Waals surface area contributed by atoms with E-state index in [-0.39, 0.29) is 11.0 Å². The SMILES string of the molecule is O=C(C=Cc1ccc(-c2ccc(Cl)cc2)o1)NC(=S)Nc1ccccc1N1CCOCC1. The quantitative estimate of drug-likeness (QED) is 0.408. The van der Waals surface area contributed by atoms with Crippen LogP contribution in [0.3, 0.4) is 0 Å². The number of nitrogens with one attached hydrogen (secondary N) is 2. The van der Waals surface area contributed by atoms with Crippen LogP contribution in [0, 0.1) is 0 Å². The molecule has 1 saturated heterocycles. The zero-order valence-corrected chi connectivity index (χ0v) is 18.8. The van der Waals surface area contributed by atoms with Crippen molar-refractivity contribution in [3.63, 3.8) is 0 Å². The lowest BCUT2D eigenvalue weighted by molar-refractivity contribution is -0.115. The van der Waals surface area contributed by atoms with Gasteiger partial charge in [-0.3, -0.25) is 10.1 Å². The van der Waals surface area contributed by atoms with E-state index < -0.39 is 0 Å². The van der Waals surface area contributed by atoms with Crippen molar-refractivity contribution in [1.29, 1.82) is 0 Å². The van der Waals surface area contributed by atoms with Crippen LogP contribution in [0.5, 0.6) is 0 Å². The number of hydrogen-bond donors (Lipinski definition) is 2. The summed E-state index contributed by atoms with van der Waals surface area (Å²) in [5.41, 5.74) is 2.76. The smallest absolute Gasteiger partial charge is 0.250 e. The summed E-state index contributed by atoms with van der Waals surface area (Å²) in [5, 5.41) is 6.67. The number of carbonyl (C=O) groups is 1. The topological polar surface area (TPSA) is 66.7 Å². The molecule has 1 fully saturated rings. The van der Waals surface area contributed by atoms with Crippen LogP contribution in [-0.4, -0.2) is 37.3 Å². The Morgan fingerprint density at radius 3 is 2.56 bits per heavy atom. The predicted octanol–water partition coefficient (Wildman–Crippen LogP) is 4.96. The molecule has 0 radical (unpaired) electrons. The number of thiocarbonyl (C=S) groups is 1. The Hall–Kier alpha value is -3.13. The van der Waals surface area contributed by atoms with Crippen LogP contribution in [0.15, 0.2) is 71.2 Å². The van der Waals surface area contributed by atoms with Gasteiger partial charge in [-0.2, -0.15) is 0 Å². The molecule has 2 aromatic carbocycles. The highest BCUT2D eigenvalue weighted by Crippen LogP contribution is 2.26. The number of nitrogens with zero attached hydrogens (tertiary/aromatic N) is 1. The number of ether oxygens (including phenoxy) is 1. The van der Waals surface area contributed by atoms with Crippen LogP contribution in [0.25, 0.3) is 17.4 Å². The summed E-state index contributed by atoms with van der Waals surface area (Å²) in [7, 11) is 0. The Morgan fingerprint density at radius 1 is 1.03 bits per heavy atom. The number of carbonyl (C=O) groups excluding carboxylic acids is 1. The van der Waals surface area contributed by atoms with Gasteiger partial charge in [0.2, 0.25) is 5.91 Å². The average molecular weight is 468 g/mol. The Kier molecular flexibility index (Phi) is 7.21. The summed E-state index contributed by atoms with van der Waals surface area (Å²) < 4.78 is 11.2. The fourth-order valence-electron chi connectivity index (χ4n) is 3.34. The molecule has 0 bridgehead atoms. The Bertz CT molecular complexity index is 1120. The first-order valence-corrected chi connectivity index (χ1v) is 10.9. The minimum Gasteiger partial charge on any atom is -0.457 e. The second kappa shape index (κ2) is 10.5. The van der Waals surface area contributed by atoms with Gasteiger partial charge in [0.1, 0.15) is 11.5 Å². The Labute approximate surface area is 196 Å². The molecule has 8 heteroatoms. The van der Waals surface area contributed by atoms with Crippen molar-refractivity contribution in [1.82, 2.24) is 5.32 Å². The van der Waals surface area contributed by atoms with Gasteiger partial charge in [-0.1, -0.05) is 23.7 Å². The van der Waals surface area contributed by atoms with E-state index in [1.54, 1.807) is 24.3 Å². The minimum atomic E-state index is -0.351. The molecule has 1 amide bonds. The van der Waals surface area contributed by atoms with E-state index in [0.717, 1.165) is 30.0 Å². The van der Waals surface area contributed by atoms with E-state index >= 15 is 0 Å². The zero-order valence-electron chi connectivity index (χ0n) is 17.2. The van der Waals surface area contributed by atoms with E-state index in [0.29, 0.717) is 29.8 Å². The molecule has 32 heavy (non-hydrogen) atoms. The highest BCUT2D eigenvalue weighted by atomic mass is 35.5. The summed E-state index contributed by atoms with van der Waals surface area (Å²) >= 11 is 11.2. The van der Waals surface area contributed by atoms with Gasteiger partial charge in [-0.05, 0) is 66.8 Å². The number of amides is 1. The summed E-state index contributed by atoms with van der Waals surface area (Å²) in [4.78, 5) is 14.5. The second-order valence-corrected chi connectivity index (χ2v) is 7.95. The molecule has 3 aromatic rings. The fraction of sp³-hybridized carbons (Fsp3) is 0.167. The maximum Gasteiger partial charge on any atom is 0.250 e. The molecule has 4 rings (SSSR count). The van der Waals surface area contributed by atoms with Crippen LogP contribution >= 0.6 is 23.8 Å². The van der Waals surface area contributed by atoms with Gasteiger partial charge < -0.3 is 19.4 Å². The van der Waals surface area contributed by atoms with Crippen LogP contribution in [-0.2, 0) is 9.53 Å². The molecular formula is C24H22ClN3O3S. The molecule has 0 saturated carbocycles. The molecule has 2 heterocycles. The highest BCUT2D eigenvalue weighted by molar-refractivity contribution is 7.80. The molecular weight excluding hydrogens is 446 g/mol. The lowest BCUT2D eigenvalue weighted by Crippen LogP contribution is -2.37.